The fourth-order valence-corrected chi connectivity index (χ4v) is 2.21. The molecule has 1 rings (SSSR count). The average molecular weight is 219 g/mol. The van der Waals surface area contributed by atoms with Crippen molar-refractivity contribution in [1.29, 1.82) is 5.26 Å². The van der Waals surface area contributed by atoms with E-state index in [4.69, 9.17) is 0 Å². The van der Waals surface area contributed by atoms with Gasteiger partial charge in [0, 0.05) is 0 Å². The Balaban J connectivity index is 3.09. The quantitative estimate of drug-likeness (QED) is 0.728. The maximum atomic E-state index is 12.9. The van der Waals surface area contributed by atoms with Gasteiger partial charge >= 0.3 is 0 Å². The van der Waals surface area contributed by atoms with Crippen LogP contribution in [0.1, 0.15) is 45.1 Å². The summed E-state index contributed by atoms with van der Waals surface area (Å²) in [5.74, 6) is -0.247. The van der Waals surface area contributed by atoms with Gasteiger partial charge in [-0.1, -0.05) is 38.8 Å². The first-order valence-electron chi connectivity index (χ1n) is 5.86. The van der Waals surface area contributed by atoms with Gasteiger partial charge in [0.05, 0.1) is 11.5 Å². The van der Waals surface area contributed by atoms with Crippen molar-refractivity contribution in [3.8, 4) is 6.07 Å². The van der Waals surface area contributed by atoms with Crippen LogP contribution >= 0.6 is 0 Å². The maximum absolute atomic E-state index is 12.9. The summed E-state index contributed by atoms with van der Waals surface area (Å²) in [6.07, 6.45) is 3.60. The first-order chi connectivity index (χ1) is 7.68. The number of nitriles is 1. The molecule has 0 saturated heterocycles. The minimum Gasteiger partial charge on any atom is -0.207 e. The van der Waals surface area contributed by atoms with E-state index in [-0.39, 0.29) is 5.82 Å². The number of nitrogens with zero attached hydrogens (tertiary/aromatic N) is 1. The maximum Gasteiger partial charge on any atom is 0.123 e. The summed E-state index contributed by atoms with van der Waals surface area (Å²) in [5.41, 5.74) is 0.511. The highest BCUT2D eigenvalue weighted by Gasteiger charge is 2.30. The minimum atomic E-state index is -0.433. The lowest BCUT2D eigenvalue weighted by Gasteiger charge is -2.26. The molecule has 0 radical (unpaired) electrons. The molecule has 16 heavy (non-hydrogen) atoms. The SMILES string of the molecule is CCCC(C#N)(CCC)c1ccc(F)cc1. The van der Waals surface area contributed by atoms with Gasteiger partial charge in [0.25, 0.3) is 0 Å². The van der Waals surface area contributed by atoms with Gasteiger partial charge in [-0.15, -0.1) is 0 Å². The molecule has 0 heterocycles. The van der Waals surface area contributed by atoms with Crippen LogP contribution in [0.3, 0.4) is 0 Å². The lowest BCUT2D eigenvalue weighted by molar-refractivity contribution is 0.452. The van der Waals surface area contributed by atoms with E-state index in [2.05, 4.69) is 19.9 Å². The largest absolute Gasteiger partial charge is 0.207 e. The second kappa shape index (κ2) is 5.65. The van der Waals surface area contributed by atoms with Crippen molar-refractivity contribution in [1.82, 2.24) is 0 Å². The molecule has 86 valence electrons. The van der Waals surface area contributed by atoms with E-state index in [1.165, 1.54) is 12.1 Å². The molecular weight excluding hydrogens is 201 g/mol. The number of rotatable bonds is 5. The van der Waals surface area contributed by atoms with Gasteiger partial charge in [-0.2, -0.15) is 5.26 Å². The summed E-state index contributed by atoms with van der Waals surface area (Å²) in [5, 5.41) is 9.42. The third-order valence-corrected chi connectivity index (χ3v) is 2.96. The first kappa shape index (κ1) is 12.7. The Hall–Kier alpha value is -1.36. The van der Waals surface area contributed by atoms with Crippen LogP contribution in [0.15, 0.2) is 24.3 Å². The molecule has 0 aliphatic rings. The average Bonchev–Trinajstić information content (AvgIpc) is 2.29. The van der Waals surface area contributed by atoms with Crippen LogP contribution in [0.5, 0.6) is 0 Å². The normalized spacial score (nSPS) is 11.1. The molecule has 0 unspecified atom stereocenters. The van der Waals surface area contributed by atoms with Crippen molar-refractivity contribution in [2.24, 2.45) is 0 Å². The zero-order valence-corrected chi connectivity index (χ0v) is 9.96. The summed E-state index contributed by atoms with van der Waals surface area (Å²) >= 11 is 0. The summed E-state index contributed by atoms with van der Waals surface area (Å²) in [6, 6.07) is 8.79. The molecule has 1 aromatic rings. The number of hydrogen-bond acceptors (Lipinski definition) is 1. The molecule has 0 atom stereocenters. The molecular formula is C14H18FN. The number of hydrogen-bond donors (Lipinski definition) is 0. The van der Waals surface area contributed by atoms with Crippen molar-refractivity contribution >= 4 is 0 Å². The van der Waals surface area contributed by atoms with Crippen LogP contribution in [0.2, 0.25) is 0 Å². The molecule has 0 N–H and O–H groups in total. The number of halogens is 1. The Morgan fingerprint density at radius 2 is 1.62 bits per heavy atom. The van der Waals surface area contributed by atoms with E-state index in [0.717, 1.165) is 31.2 Å². The molecule has 1 aromatic carbocycles. The van der Waals surface area contributed by atoms with Crippen LogP contribution in [0.4, 0.5) is 4.39 Å². The van der Waals surface area contributed by atoms with Crippen LogP contribution in [-0.4, -0.2) is 0 Å². The lowest BCUT2D eigenvalue weighted by atomic mass is 9.75. The van der Waals surface area contributed by atoms with Gasteiger partial charge in [0.15, 0.2) is 0 Å². The van der Waals surface area contributed by atoms with Crippen LogP contribution < -0.4 is 0 Å². The van der Waals surface area contributed by atoms with Crippen molar-refractivity contribution in [2.45, 2.75) is 44.9 Å². The van der Waals surface area contributed by atoms with E-state index in [1.807, 2.05) is 0 Å². The van der Waals surface area contributed by atoms with Gasteiger partial charge in [-0.25, -0.2) is 4.39 Å². The zero-order chi connectivity index (χ0) is 12.0. The Morgan fingerprint density at radius 1 is 1.12 bits per heavy atom. The van der Waals surface area contributed by atoms with Gasteiger partial charge in [-0.05, 0) is 30.5 Å². The molecule has 0 spiro atoms. The first-order valence-corrected chi connectivity index (χ1v) is 5.86. The Morgan fingerprint density at radius 3 is 2.00 bits per heavy atom. The third kappa shape index (κ3) is 2.61. The second-order valence-electron chi connectivity index (χ2n) is 4.20. The summed E-state index contributed by atoms with van der Waals surface area (Å²) < 4.78 is 12.9. The highest BCUT2D eigenvalue weighted by Crippen LogP contribution is 2.33. The molecule has 0 fully saturated rings. The topological polar surface area (TPSA) is 23.8 Å². The van der Waals surface area contributed by atoms with Gasteiger partial charge < -0.3 is 0 Å². The van der Waals surface area contributed by atoms with Gasteiger partial charge in [-0.3, -0.25) is 0 Å². The molecule has 0 aromatic heterocycles. The standard InChI is InChI=1S/C14H18FN/c1-3-9-14(11-16,10-4-2)12-5-7-13(15)8-6-12/h5-8H,3-4,9-10H2,1-2H3. The van der Waals surface area contributed by atoms with E-state index >= 15 is 0 Å². The fourth-order valence-electron chi connectivity index (χ4n) is 2.21. The molecule has 0 aliphatic heterocycles. The monoisotopic (exact) mass is 219 g/mol. The second-order valence-corrected chi connectivity index (χ2v) is 4.20. The van der Waals surface area contributed by atoms with Crippen molar-refractivity contribution < 1.29 is 4.39 Å². The molecule has 0 bridgehead atoms. The van der Waals surface area contributed by atoms with Gasteiger partial charge in [0.2, 0.25) is 0 Å². The molecule has 1 nitrogen and oxygen atoms in total. The Kier molecular flexibility index (Phi) is 4.49. The highest BCUT2D eigenvalue weighted by molar-refractivity contribution is 5.32. The van der Waals surface area contributed by atoms with E-state index in [9.17, 15) is 9.65 Å². The van der Waals surface area contributed by atoms with Crippen molar-refractivity contribution in [3.05, 3.63) is 35.6 Å². The van der Waals surface area contributed by atoms with Crippen LogP contribution in [-0.2, 0) is 5.41 Å². The smallest absolute Gasteiger partial charge is 0.123 e. The Bertz CT molecular complexity index is 355. The summed E-state index contributed by atoms with van der Waals surface area (Å²) in [6.45, 7) is 4.15. The molecule has 2 heteroatoms. The summed E-state index contributed by atoms with van der Waals surface area (Å²) in [4.78, 5) is 0. The van der Waals surface area contributed by atoms with E-state index in [0.29, 0.717) is 0 Å². The predicted octanol–water partition coefficient (Wildman–Crippen LogP) is 4.19. The zero-order valence-electron chi connectivity index (χ0n) is 9.96. The fraction of sp³-hybridized carbons (Fsp3) is 0.500. The van der Waals surface area contributed by atoms with Crippen LogP contribution in [0.25, 0.3) is 0 Å². The van der Waals surface area contributed by atoms with Crippen LogP contribution in [0, 0.1) is 17.1 Å². The Labute approximate surface area is 96.9 Å². The highest BCUT2D eigenvalue weighted by atomic mass is 19.1. The molecule has 0 saturated carbocycles. The van der Waals surface area contributed by atoms with Crippen molar-refractivity contribution in [3.63, 3.8) is 0 Å². The predicted molar refractivity (Wildman–Crippen MR) is 63.5 cm³/mol. The number of benzene rings is 1. The van der Waals surface area contributed by atoms with Crippen molar-refractivity contribution in [2.75, 3.05) is 0 Å². The summed E-state index contributed by atoms with van der Waals surface area (Å²) in [7, 11) is 0. The minimum absolute atomic E-state index is 0.247. The van der Waals surface area contributed by atoms with E-state index in [1.54, 1.807) is 12.1 Å². The molecule has 0 amide bonds. The van der Waals surface area contributed by atoms with Gasteiger partial charge in [0.1, 0.15) is 5.82 Å². The molecule has 0 aliphatic carbocycles. The lowest BCUT2D eigenvalue weighted by Crippen LogP contribution is -2.23. The van der Waals surface area contributed by atoms with E-state index < -0.39 is 5.41 Å². The third-order valence-electron chi connectivity index (χ3n) is 2.96.